The maximum absolute atomic E-state index is 15.6. The molecule has 2 atom stereocenters. The lowest BCUT2D eigenvalue weighted by Crippen LogP contribution is -2.55. The molecule has 9 aromatic rings. The van der Waals surface area contributed by atoms with E-state index in [1.54, 1.807) is 128 Å². The fourth-order valence-electron chi connectivity index (χ4n) is 10.9. The number of alkyl halides is 3. The number of benzene rings is 9. The molecule has 2 aliphatic heterocycles. The van der Waals surface area contributed by atoms with E-state index in [2.05, 4.69) is 23.8 Å². The van der Waals surface area contributed by atoms with Crippen LogP contribution >= 0.6 is 23.2 Å². The van der Waals surface area contributed by atoms with E-state index in [-0.39, 0.29) is 125 Å². The molecule has 89 heavy (non-hydrogen) atoms. The Kier molecular flexibility index (Phi) is 16.7. The van der Waals surface area contributed by atoms with Crippen LogP contribution in [0.3, 0.4) is 0 Å². The number of nitrogens with one attached hydrogen (secondary N) is 2. The third-order valence-corrected chi connectivity index (χ3v) is 14.9. The van der Waals surface area contributed by atoms with Crippen LogP contribution in [0, 0.1) is 0 Å². The third kappa shape index (κ3) is 11.7. The fourth-order valence-corrected chi connectivity index (χ4v) is 11.0. The van der Waals surface area contributed by atoms with Gasteiger partial charge in [-0.15, -0.1) is 0 Å². The fraction of sp³-hybridized carbons (Fsp3) is 0.152. The number of hydrogen-bond acceptors (Lipinski definition) is 14. The predicted octanol–water partition coefficient (Wildman–Crippen LogP) is 13.0. The van der Waals surface area contributed by atoms with Gasteiger partial charge in [0.1, 0.15) is 81.4 Å². The van der Waals surface area contributed by atoms with Gasteiger partial charge in [0, 0.05) is 43.1 Å². The summed E-state index contributed by atoms with van der Waals surface area (Å²) < 4.78 is 81.9. The van der Waals surface area contributed by atoms with Gasteiger partial charge in [-0.2, -0.15) is 13.2 Å². The monoisotopic (exact) mass is 1250 g/mol. The molecule has 18 nitrogen and oxygen atoms in total. The van der Waals surface area contributed by atoms with Crippen molar-refractivity contribution in [2.75, 3.05) is 26.3 Å². The van der Waals surface area contributed by atoms with Crippen molar-refractivity contribution in [1.29, 1.82) is 0 Å². The minimum Gasteiger partial charge on any atom is -0.460 e. The summed E-state index contributed by atoms with van der Waals surface area (Å²) in [6, 6.07) is 34.3. The van der Waals surface area contributed by atoms with Crippen molar-refractivity contribution in [1.82, 2.24) is 20.4 Å². The highest BCUT2D eigenvalue weighted by Crippen LogP contribution is 2.58. The van der Waals surface area contributed by atoms with Crippen LogP contribution in [0.4, 0.5) is 13.2 Å². The molecule has 2 heterocycles. The van der Waals surface area contributed by atoms with Crippen LogP contribution in [0.2, 0.25) is 0 Å². The smallest absolute Gasteiger partial charge is 0.391 e. The van der Waals surface area contributed by atoms with Crippen molar-refractivity contribution in [2.45, 2.75) is 38.0 Å². The second-order valence-corrected chi connectivity index (χ2v) is 21.1. The van der Waals surface area contributed by atoms with Crippen LogP contribution in [-0.2, 0) is 28.7 Å². The number of imide groups is 2. The van der Waals surface area contributed by atoms with Crippen molar-refractivity contribution in [2.24, 2.45) is 0 Å². The highest BCUT2D eigenvalue weighted by Gasteiger charge is 2.48. The summed E-state index contributed by atoms with van der Waals surface area (Å²) in [5.41, 5.74) is -1.10. The SMILES string of the molecule is C=C(Cl)C(=O)OCCNC(=O)C(CC)N1C(=O)c2cc(Oc3ccccc3)c3c4c(Oc5ccccc5)cc5c6c(cc(Oc7ccccc7)c(c7c(Oc8ccccc8)cc(c2c37)C1=O)c64)C(=O)N(C(CC(F)(F)F)C(=O)NCCOC(=O)C(=C)Cl)C5=O. The van der Waals surface area contributed by atoms with Crippen LogP contribution < -0.4 is 29.6 Å². The van der Waals surface area contributed by atoms with E-state index in [0.29, 0.717) is 0 Å². The molecule has 2 aliphatic rings. The van der Waals surface area contributed by atoms with Gasteiger partial charge in [0.25, 0.3) is 23.6 Å². The van der Waals surface area contributed by atoms with Crippen LogP contribution in [0.1, 0.15) is 61.2 Å². The molecule has 0 spiro atoms. The number of nitrogens with zero attached hydrogens (tertiary/aromatic N) is 2. The van der Waals surface area contributed by atoms with E-state index in [1.807, 2.05) is 0 Å². The van der Waals surface area contributed by atoms with Crippen molar-refractivity contribution < 1.29 is 79.9 Å². The lowest BCUT2D eigenvalue weighted by molar-refractivity contribution is -0.153. The molecule has 0 bridgehead atoms. The second kappa shape index (κ2) is 24.7. The maximum atomic E-state index is 15.6. The summed E-state index contributed by atoms with van der Waals surface area (Å²) in [6.45, 7) is 6.44. The van der Waals surface area contributed by atoms with Gasteiger partial charge in [-0.05, 0) is 79.2 Å². The van der Waals surface area contributed by atoms with Crippen molar-refractivity contribution in [3.8, 4) is 46.0 Å². The van der Waals surface area contributed by atoms with Gasteiger partial charge in [-0.1, -0.05) is 116 Å². The topological polar surface area (TPSA) is 222 Å². The molecule has 9 aromatic carbocycles. The zero-order valence-corrected chi connectivity index (χ0v) is 48.2. The molecule has 2 unspecified atom stereocenters. The highest BCUT2D eigenvalue weighted by molar-refractivity contribution is 6.45. The van der Waals surface area contributed by atoms with E-state index in [9.17, 15) is 32.3 Å². The zero-order valence-electron chi connectivity index (χ0n) is 46.7. The van der Waals surface area contributed by atoms with E-state index in [1.165, 1.54) is 24.3 Å². The molecule has 0 radical (unpaired) electrons. The first-order valence-electron chi connectivity index (χ1n) is 27.4. The number of esters is 2. The number of fused-ring (bicyclic) bond motifs is 2. The number of rotatable bonds is 22. The quantitative estimate of drug-likeness (QED) is 0.0161. The number of amides is 6. The molecule has 0 saturated heterocycles. The molecule has 11 rings (SSSR count). The Morgan fingerprint density at radius 1 is 0.461 bits per heavy atom. The lowest BCUT2D eigenvalue weighted by atomic mass is 9.80. The van der Waals surface area contributed by atoms with E-state index in [4.69, 9.17) is 51.6 Å². The molecular formula is C66H47Cl2F3N4O14. The van der Waals surface area contributed by atoms with Crippen LogP contribution in [0.15, 0.2) is 169 Å². The molecular weight excluding hydrogens is 1200 g/mol. The van der Waals surface area contributed by atoms with E-state index < -0.39 is 106 Å². The summed E-state index contributed by atoms with van der Waals surface area (Å²) in [4.78, 5) is 116. The number of para-hydroxylation sites is 4. The lowest BCUT2D eigenvalue weighted by Gasteiger charge is -2.35. The van der Waals surface area contributed by atoms with Gasteiger partial charge in [0.2, 0.25) is 11.8 Å². The van der Waals surface area contributed by atoms with Crippen LogP contribution in [0.5, 0.6) is 46.0 Å². The Bertz CT molecular complexity index is 4210. The van der Waals surface area contributed by atoms with Gasteiger partial charge in [0.15, 0.2) is 0 Å². The van der Waals surface area contributed by atoms with Crippen molar-refractivity contribution in [3.05, 3.63) is 191 Å². The summed E-state index contributed by atoms with van der Waals surface area (Å²) in [7, 11) is 0. The third-order valence-electron chi connectivity index (χ3n) is 14.6. The van der Waals surface area contributed by atoms with Crippen LogP contribution in [-0.4, -0.2) is 102 Å². The van der Waals surface area contributed by atoms with E-state index in [0.717, 1.165) is 4.90 Å². The largest absolute Gasteiger partial charge is 0.460 e. The summed E-state index contributed by atoms with van der Waals surface area (Å²) in [5, 5.41) is 4.30. The van der Waals surface area contributed by atoms with Gasteiger partial charge in [-0.3, -0.25) is 38.6 Å². The molecule has 0 aromatic heterocycles. The van der Waals surface area contributed by atoms with E-state index >= 15 is 19.2 Å². The van der Waals surface area contributed by atoms with Gasteiger partial charge in [-0.25, -0.2) is 9.59 Å². The second-order valence-electron chi connectivity index (χ2n) is 20.2. The molecule has 0 saturated carbocycles. The summed E-state index contributed by atoms with van der Waals surface area (Å²) >= 11 is 11.3. The Morgan fingerprint density at radius 3 is 1.01 bits per heavy atom. The molecule has 23 heteroatoms. The number of halogens is 5. The normalized spacial score (nSPS) is 13.6. The molecule has 0 aliphatic carbocycles. The highest BCUT2D eigenvalue weighted by atomic mass is 35.5. The number of carbonyl (C=O) groups is 8. The minimum atomic E-state index is -5.17. The first-order valence-corrected chi connectivity index (χ1v) is 28.2. The Morgan fingerprint density at radius 2 is 0.742 bits per heavy atom. The van der Waals surface area contributed by atoms with Crippen LogP contribution in [0.25, 0.3) is 43.1 Å². The predicted molar refractivity (Wildman–Crippen MR) is 321 cm³/mol. The number of carbonyl (C=O) groups excluding carboxylic acids is 8. The summed E-state index contributed by atoms with van der Waals surface area (Å²) in [6.07, 6.45) is -7.29. The maximum Gasteiger partial charge on any atom is 0.391 e. The average Bonchev–Trinajstić information content (AvgIpc) is 0.675. The molecule has 2 N–H and O–H groups in total. The number of hydrogen-bond donors (Lipinski definition) is 2. The van der Waals surface area contributed by atoms with Crippen molar-refractivity contribution >= 4 is 114 Å². The number of ether oxygens (including phenoxy) is 6. The molecule has 0 fully saturated rings. The molecule has 450 valence electrons. The van der Waals surface area contributed by atoms with Gasteiger partial charge >= 0.3 is 18.1 Å². The Balaban J connectivity index is 1.24. The van der Waals surface area contributed by atoms with Crippen molar-refractivity contribution in [3.63, 3.8) is 0 Å². The Hall–Kier alpha value is -10.5. The summed E-state index contributed by atoms with van der Waals surface area (Å²) in [5.74, 6) is -8.55. The first-order chi connectivity index (χ1) is 42.7. The zero-order chi connectivity index (χ0) is 63.0. The Labute approximate surface area is 513 Å². The molecule has 6 amide bonds. The first kappa shape index (κ1) is 60.2. The average molecular weight is 1250 g/mol. The van der Waals surface area contributed by atoms with Gasteiger partial charge in [0.05, 0.1) is 41.8 Å². The van der Waals surface area contributed by atoms with Gasteiger partial charge < -0.3 is 39.1 Å². The standard InChI is InChI=1S/C66H47Cl2F3N4O14/c1-4-44(58(76)72-25-27-84-64(82)34(2)67)74-60(78)40-29-46(86-36-17-9-5-10-18-36)52-54-48(88-38-21-13-7-14-22-38)31-42-51-43(63(81)75(62(42)80)45(33-66(69,70)71)59(77)73-26-28-85-65(83)35(3)68)32-49(89-39-23-15-8-16-24-39)55(57(51)54)53-47(87-37-19-11-6-12-20-37)30-41(61(74)79)50(40)56(52)53/h5-24,29-32,44-45H,2-4,25-28,33H2,1H3,(H,72,76)(H,73,77). The minimum absolute atomic E-state index is 0.0166.